The van der Waals surface area contributed by atoms with Crippen LogP contribution in [0.15, 0.2) is 0 Å². The number of likely N-dealkylation sites (N-methyl/N-ethyl adjacent to an activating group) is 1. The van der Waals surface area contributed by atoms with Crippen LogP contribution in [0.4, 0.5) is 0 Å². The number of quaternary nitrogens is 1. The number of alkyl halides is 2. The third-order valence-electron chi connectivity index (χ3n) is 2.09. The second kappa shape index (κ2) is 26.8. The van der Waals surface area contributed by atoms with Gasteiger partial charge < -0.3 is 33.8 Å². The van der Waals surface area contributed by atoms with Gasteiger partial charge in [0.05, 0.1) is 39.3 Å². The van der Waals surface area contributed by atoms with Gasteiger partial charge in [0.15, 0.2) is 0 Å². The van der Waals surface area contributed by atoms with Gasteiger partial charge in [-0.05, 0) is 0 Å². The molecule has 0 unspecified atom stereocenters. The number of cyclic esters (lactones) is 1. The Kier molecular flexibility index (Phi) is 36.6. The number of halogens is 3. The largest absolute Gasteiger partial charge is 1.00 e. The number of carbonyl (C=O) groups is 4. The van der Waals surface area contributed by atoms with Gasteiger partial charge in [0.2, 0.25) is 0 Å². The number of aliphatic hydroxyl groups excluding tert-OH is 1. The first-order chi connectivity index (χ1) is 15.1. The van der Waals surface area contributed by atoms with Gasteiger partial charge in [0.1, 0.15) is 31.8 Å². The molecule has 1 saturated heterocycles. The standard InChI is InChI=1S/C7H15NO3.C4H5ClO2.C4H12Si.C2H3ClO.CH2O.ClHO4.Li/c1-8(2,3)5-6(9)4-7(10)11;5-2-3-1-4(6)7-3;1-5(2,3)4;3-1-2-4;1-2;2-1(3,4)5;/h6,9H,4-5H2,1-3H3;3H,1-2H2;1-4H3;2H,1H2;1H2;(H,2,3,4,5);/q;;;;;;+1/p-1/t6-;3-;;;;;/m10...../s1. The molecule has 0 bridgehead atoms. The molecule has 1 aliphatic heterocycles. The average molecular weight is 585 g/mol. The van der Waals surface area contributed by atoms with Crippen LogP contribution in [0.2, 0.25) is 26.2 Å². The molecule has 1 heterocycles. The summed E-state index contributed by atoms with van der Waals surface area (Å²) in [6, 6.07) is 0. The molecule has 206 valence electrons. The van der Waals surface area contributed by atoms with Crippen LogP contribution in [0, 0.1) is 10.2 Å². The van der Waals surface area contributed by atoms with Crippen LogP contribution in [0.5, 0.6) is 0 Å². The van der Waals surface area contributed by atoms with Gasteiger partial charge in [-0.2, -0.15) is 0 Å². The summed E-state index contributed by atoms with van der Waals surface area (Å²) in [5.74, 6) is -0.789. The summed E-state index contributed by atoms with van der Waals surface area (Å²) in [6.45, 7) is 11.7. The normalized spacial score (nSPS) is 14.6. The minimum Gasteiger partial charge on any atom is -0.550 e. The van der Waals surface area contributed by atoms with Crippen LogP contribution in [-0.2, 0) is 23.9 Å². The summed E-state index contributed by atoms with van der Waals surface area (Å²) < 4.78 is 39.0. The zero-order valence-corrected chi connectivity index (χ0v) is 24.9. The van der Waals surface area contributed by atoms with Crippen LogP contribution in [-0.4, -0.2) is 94.3 Å². The summed E-state index contributed by atoms with van der Waals surface area (Å²) in [7, 11) is 0.107. The summed E-state index contributed by atoms with van der Waals surface area (Å²) >= 11 is 10.1. The molecular formula is C18H37Cl3LiNO11Si. The van der Waals surface area contributed by atoms with Gasteiger partial charge in [-0.25, -0.2) is 18.6 Å². The molecule has 12 nitrogen and oxygen atoms in total. The second-order valence-corrected chi connectivity index (χ2v) is 16.2. The van der Waals surface area contributed by atoms with E-state index in [-0.39, 0.29) is 43.2 Å². The van der Waals surface area contributed by atoms with E-state index < -0.39 is 30.4 Å². The molecule has 17 heteroatoms. The van der Waals surface area contributed by atoms with Crippen molar-refractivity contribution >= 4 is 56.3 Å². The fourth-order valence-electron chi connectivity index (χ4n) is 1.34. The third-order valence-corrected chi connectivity index (χ3v) is 2.56. The summed E-state index contributed by atoms with van der Waals surface area (Å²) in [4.78, 5) is 37.0. The Balaban J connectivity index is -0.0000000769. The first kappa shape index (κ1) is 47.9. The van der Waals surface area contributed by atoms with Gasteiger partial charge in [-0.3, -0.25) is 4.79 Å². The van der Waals surface area contributed by atoms with Crippen LogP contribution >= 0.6 is 23.2 Å². The van der Waals surface area contributed by atoms with Crippen molar-refractivity contribution in [2.24, 2.45) is 0 Å². The molecule has 0 aromatic rings. The number of rotatable bonds is 6. The molecule has 1 N–H and O–H groups in total. The van der Waals surface area contributed by atoms with Gasteiger partial charge in [-0.1, -0.05) is 26.2 Å². The van der Waals surface area contributed by atoms with Crippen molar-refractivity contribution in [2.45, 2.75) is 51.2 Å². The molecule has 0 spiro atoms. The topological polar surface area (TPSA) is 213 Å². The van der Waals surface area contributed by atoms with E-state index in [0.717, 1.165) is 0 Å². The third kappa shape index (κ3) is 87.2. The zero-order chi connectivity index (χ0) is 28.8. The number of nitrogens with zero attached hydrogens (tertiary/aromatic N) is 1. The number of ether oxygens (including phenoxy) is 1. The minimum absolute atomic E-state index is 0. The molecule has 1 aliphatic rings. The Morgan fingerprint density at radius 3 is 1.60 bits per heavy atom. The van der Waals surface area contributed by atoms with Gasteiger partial charge >= 0.3 is 24.8 Å². The number of carboxylic acid groups (broad SMARTS) is 1. The van der Waals surface area contributed by atoms with Gasteiger partial charge in [0, 0.05) is 20.5 Å². The van der Waals surface area contributed by atoms with Crippen LogP contribution in [0.3, 0.4) is 0 Å². The molecule has 0 saturated carbocycles. The van der Waals surface area contributed by atoms with Crippen molar-refractivity contribution in [3.05, 3.63) is 0 Å². The number of aliphatic carboxylic acids is 1. The van der Waals surface area contributed by atoms with E-state index in [2.05, 4.69) is 30.9 Å². The predicted octanol–water partition coefficient (Wildman–Crippen LogP) is -6.82. The predicted molar refractivity (Wildman–Crippen MR) is 117 cm³/mol. The van der Waals surface area contributed by atoms with Crippen molar-refractivity contribution in [1.82, 2.24) is 0 Å². The first-order valence-corrected chi connectivity index (χ1v) is 15.7. The monoisotopic (exact) mass is 583 g/mol. The van der Waals surface area contributed by atoms with E-state index in [0.29, 0.717) is 29.6 Å². The maximum atomic E-state index is 10.0. The Hall–Kier alpha value is -0.276. The van der Waals surface area contributed by atoms with Gasteiger partial charge in [-0.15, -0.1) is 33.4 Å². The maximum Gasteiger partial charge on any atom is 1.00 e. The Morgan fingerprint density at radius 2 is 1.49 bits per heavy atom. The van der Waals surface area contributed by atoms with E-state index in [4.69, 9.17) is 56.5 Å². The van der Waals surface area contributed by atoms with Crippen LogP contribution < -0.4 is 42.6 Å². The maximum absolute atomic E-state index is 10.0. The Bertz CT molecular complexity index is 499. The molecule has 1 fully saturated rings. The van der Waals surface area contributed by atoms with E-state index in [1.54, 1.807) is 0 Å². The van der Waals surface area contributed by atoms with E-state index >= 15 is 0 Å². The molecule has 0 amide bonds. The van der Waals surface area contributed by atoms with E-state index in [9.17, 15) is 14.7 Å². The smallest absolute Gasteiger partial charge is 0.550 e. The quantitative estimate of drug-likeness (QED) is 0.102. The fraction of sp³-hybridized carbons (Fsp3) is 0.778. The molecule has 0 aliphatic carbocycles. The number of carboxylic acids is 1. The molecule has 0 aromatic heterocycles. The fourth-order valence-corrected chi connectivity index (χ4v) is 1.51. The van der Waals surface area contributed by atoms with Crippen molar-refractivity contribution < 1.29 is 86.4 Å². The van der Waals surface area contributed by atoms with E-state index in [1.165, 1.54) is 0 Å². The summed E-state index contributed by atoms with van der Waals surface area (Å²) in [5.41, 5.74) is 0. The average Bonchev–Trinajstić information content (AvgIpc) is 2.56. The molecular weight excluding hydrogens is 548 g/mol. The molecule has 2 atom stereocenters. The minimum atomic E-state index is -4.94. The number of hydrogen-bond acceptors (Lipinski definition) is 11. The molecule has 1 rings (SSSR count). The van der Waals surface area contributed by atoms with Crippen molar-refractivity contribution in [3.63, 3.8) is 0 Å². The summed E-state index contributed by atoms with van der Waals surface area (Å²) in [6.07, 6.45) is 0.0646. The van der Waals surface area contributed by atoms with Crippen LogP contribution in [0.1, 0.15) is 12.8 Å². The van der Waals surface area contributed by atoms with Crippen molar-refractivity contribution in [1.29, 1.82) is 0 Å². The Labute approximate surface area is 232 Å². The first-order valence-electron chi connectivity index (χ1n) is 9.39. The van der Waals surface area contributed by atoms with E-state index in [1.807, 2.05) is 27.9 Å². The molecule has 0 radical (unpaired) electrons. The molecule has 0 aromatic carbocycles. The SMILES string of the molecule is C=O.C[N+](C)(C)C[C@H](O)CC(=O)[O-].C[Si](C)(C)C.O=C1C[C@@H](CCl)O1.O=CCCl.[Li+].[O-][Cl+3]([O-])([O-])[O-]. The number of carbonyl (C=O) groups excluding carboxylic acids is 4. The number of aliphatic hydroxyl groups is 1. The molecule has 35 heavy (non-hydrogen) atoms. The van der Waals surface area contributed by atoms with Crippen LogP contribution in [0.25, 0.3) is 0 Å². The summed E-state index contributed by atoms with van der Waals surface area (Å²) in [5, 5.41) is 19.1. The zero-order valence-electron chi connectivity index (χ0n) is 21.6. The van der Waals surface area contributed by atoms with Gasteiger partial charge in [0.25, 0.3) is 0 Å². The van der Waals surface area contributed by atoms with Crippen molar-refractivity contribution in [2.75, 3.05) is 39.4 Å². The second-order valence-electron chi connectivity index (χ2n) is 8.87. The van der Waals surface area contributed by atoms with Crippen molar-refractivity contribution in [3.8, 4) is 0 Å². The number of esters is 1. The number of hydrogen-bond donors (Lipinski definition) is 1. The number of aldehydes is 1. The Morgan fingerprint density at radius 1 is 1.20 bits per heavy atom.